The van der Waals surface area contributed by atoms with E-state index in [1.165, 1.54) is 6.33 Å². The maximum atomic E-state index is 11.6. The highest BCUT2D eigenvalue weighted by molar-refractivity contribution is 5.88. The number of ether oxygens (including phenoxy) is 1. The molecule has 0 amide bonds. The lowest BCUT2D eigenvalue weighted by Gasteiger charge is -2.11. The Kier molecular flexibility index (Phi) is 5.16. The molecular formula is C15H22N4O2. The van der Waals surface area contributed by atoms with Gasteiger partial charge < -0.3 is 20.8 Å². The molecule has 6 heteroatoms. The van der Waals surface area contributed by atoms with E-state index in [-0.39, 0.29) is 11.7 Å². The number of nitrogen functional groups attached to an aromatic ring is 1. The van der Waals surface area contributed by atoms with Crippen LogP contribution in [0.4, 0.5) is 11.4 Å². The van der Waals surface area contributed by atoms with Crippen molar-refractivity contribution in [3.05, 3.63) is 28.8 Å². The number of fused-ring (bicyclic) bond motifs is 1. The summed E-state index contributed by atoms with van der Waals surface area (Å²) in [5.41, 5.74) is 7.79. The van der Waals surface area contributed by atoms with Crippen molar-refractivity contribution in [2.75, 3.05) is 24.2 Å². The minimum atomic E-state index is -0.177. The largest absolute Gasteiger partial charge is 0.397 e. The van der Waals surface area contributed by atoms with Gasteiger partial charge in [-0.25, -0.2) is 4.98 Å². The van der Waals surface area contributed by atoms with E-state index in [9.17, 15) is 4.79 Å². The molecule has 0 aliphatic heterocycles. The van der Waals surface area contributed by atoms with Gasteiger partial charge in [-0.1, -0.05) is 0 Å². The summed E-state index contributed by atoms with van der Waals surface area (Å²) in [6.07, 6.45) is 3.66. The Morgan fingerprint density at radius 1 is 1.38 bits per heavy atom. The van der Waals surface area contributed by atoms with Crippen LogP contribution < -0.4 is 16.6 Å². The fourth-order valence-electron chi connectivity index (χ4n) is 2.05. The quantitative estimate of drug-likeness (QED) is 0.536. The molecule has 0 spiro atoms. The van der Waals surface area contributed by atoms with Gasteiger partial charge in [0.05, 0.1) is 34.7 Å². The van der Waals surface area contributed by atoms with E-state index in [4.69, 9.17) is 10.5 Å². The smallest absolute Gasteiger partial charge is 0.258 e. The number of rotatable bonds is 7. The van der Waals surface area contributed by atoms with Gasteiger partial charge in [-0.15, -0.1) is 0 Å². The number of nitrogens with one attached hydrogen (secondary N) is 2. The highest BCUT2D eigenvalue weighted by atomic mass is 16.5. The van der Waals surface area contributed by atoms with Crippen LogP contribution in [0.5, 0.6) is 0 Å². The lowest BCUT2D eigenvalue weighted by molar-refractivity contribution is 0.0765. The second kappa shape index (κ2) is 7.08. The van der Waals surface area contributed by atoms with E-state index in [2.05, 4.69) is 15.3 Å². The van der Waals surface area contributed by atoms with Crippen molar-refractivity contribution in [1.29, 1.82) is 0 Å². The van der Waals surface area contributed by atoms with Crippen molar-refractivity contribution in [3.8, 4) is 0 Å². The topological polar surface area (TPSA) is 93.0 Å². The SMILES string of the molecule is CC(C)OCCCCNc1cc2nc[nH]c(=O)c2cc1N. The lowest BCUT2D eigenvalue weighted by Crippen LogP contribution is -2.10. The molecule has 4 N–H and O–H groups in total. The molecule has 1 aromatic heterocycles. The fourth-order valence-corrected chi connectivity index (χ4v) is 2.05. The molecule has 0 saturated carbocycles. The van der Waals surface area contributed by atoms with Crippen molar-refractivity contribution >= 4 is 22.3 Å². The summed E-state index contributed by atoms with van der Waals surface area (Å²) in [5, 5.41) is 3.79. The first-order valence-corrected chi connectivity index (χ1v) is 7.20. The molecule has 0 bridgehead atoms. The average molecular weight is 290 g/mol. The summed E-state index contributed by atoms with van der Waals surface area (Å²) in [6, 6.07) is 3.47. The number of hydrogen-bond donors (Lipinski definition) is 3. The Hall–Kier alpha value is -2.08. The van der Waals surface area contributed by atoms with Gasteiger partial charge in [0.15, 0.2) is 0 Å². The van der Waals surface area contributed by atoms with Crippen LogP contribution >= 0.6 is 0 Å². The molecule has 0 fully saturated rings. The van der Waals surface area contributed by atoms with E-state index in [0.717, 1.165) is 31.7 Å². The van der Waals surface area contributed by atoms with E-state index in [0.29, 0.717) is 16.6 Å². The van der Waals surface area contributed by atoms with E-state index in [1.54, 1.807) is 6.07 Å². The molecule has 2 aromatic rings. The zero-order valence-electron chi connectivity index (χ0n) is 12.5. The first kappa shape index (κ1) is 15.3. The molecule has 1 heterocycles. The highest BCUT2D eigenvalue weighted by Gasteiger charge is 2.05. The number of H-pyrrole nitrogens is 1. The van der Waals surface area contributed by atoms with Crippen molar-refractivity contribution in [3.63, 3.8) is 0 Å². The molecule has 0 aliphatic carbocycles. The molecule has 1 aromatic carbocycles. The molecule has 2 rings (SSSR count). The number of aromatic nitrogens is 2. The zero-order valence-corrected chi connectivity index (χ0v) is 12.5. The van der Waals surface area contributed by atoms with Crippen LogP contribution in [0.2, 0.25) is 0 Å². The maximum Gasteiger partial charge on any atom is 0.258 e. The van der Waals surface area contributed by atoms with Crippen molar-refractivity contribution in [1.82, 2.24) is 9.97 Å². The Morgan fingerprint density at radius 3 is 2.95 bits per heavy atom. The second-order valence-corrected chi connectivity index (χ2v) is 5.24. The molecule has 21 heavy (non-hydrogen) atoms. The van der Waals surface area contributed by atoms with Gasteiger partial charge in [-0.05, 0) is 38.8 Å². The summed E-state index contributed by atoms with van der Waals surface area (Å²) in [5.74, 6) is 0. The van der Waals surface area contributed by atoms with Crippen LogP contribution in [0.15, 0.2) is 23.3 Å². The van der Waals surface area contributed by atoms with Crippen LogP contribution in [0, 0.1) is 0 Å². The standard InChI is InChI=1S/C15H22N4O2/c1-10(2)21-6-4-3-5-17-14-8-13-11(7-12(14)16)15(20)19-9-18-13/h7-10,17H,3-6,16H2,1-2H3,(H,18,19,20). The monoisotopic (exact) mass is 290 g/mol. The fraction of sp³-hybridized carbons (Fsp3) is 0.467. The van der Waals surface area contributed by atoms with Crippen LogP contribution in [0.1, 0.15) is 26.7 Å². The van der Waals surface area contributed by atoms with Crippen LogP contribution in [-0.4, -0.2) is 29.2 Å². The van der Waals surface area contributed by atoms with Gasteiger partial charge in [0.25, 0.3) is 5.56 Å². The summed E-state index contributed by atoms with van der Waals surface area (Å²) < 4.78 is 5.49. The second-order valence-electron chi connectivity index (χ2n) is 5.24. The number of anilines is 2. The van der Waals surface area contributed by atoms with Gasteiger partial charge in [0.1, 0.15) is 0 Å². The molecule has 114 valence electrons. The average Bonchev–Trinajstić information content (AvgIpc) is 2.44. The van der Waals surface area contributed by atoms with E-state index >= 15 is 0 Å². The van der Waals surface area contributed by atoms with Gasteiger partial charge in [-0.2, -0.15) is 0 Å². The number of hydrogen-bond acceptors (Lipinski definition) is 5. The van der Waals surface area contributed by atoms with E-state index < -0.39 is 0 Å². The first-order valence-electron chi connectivity index (χ1n) is 7.20. The normalized spacial score (nSPS) is 11.2. The number of benzene rings is 1. The van der Waals surface area contributed by atoms with Crippen molar-refractivity contribution in [2.24, 2.45) is 0 Å². The van der Waals surface area contributed by atoms with Crippen molar-refractivity contribution in [2.45, 2.75) is 32.8 Å². The maximum absolute atomic E-state index is 11.6. The van der Waals surface area contributed by atoms with Gasteiger partial charge in [0.2, 0.25) is 0 Å². The Morgan fingerprint density at radius 2 is 2.19 bits per heavy atom. The van der Waals surface area contributed by atoms with Gasteiger partial charge in [-0.3, -0.25) is 4.79 Å². The third kappa shape index (κ3) is 4.19. The Labute approximate surface area is 123 Å². The lowest BCUT2D eigenvalue weighted by atomic mass is 10.2. The third-order valence-corrected chi connectivity index (χ3v) is 3.15. The zero-order chi connectivity index (χ0) is 15.2. The summed E-state index contributed by atoms with van der Waals surface area (Å²) in [4.78, 5) is 18.3. The van der Waals surface area contributed by atoms with Crippen LogP contribution in [-0.2, 0) is 4.74 Å². The first-order chi connectivity index (χ1) is 10.1. The predicted molar refractivity (Wildman–Crippen MR) is 85.6 cm³/mol. The molecule has 0 atom stereocenters. The molecule has 0 saturated heterocycles. The van der Waals surface area contributed by atoms with Crippen LogP contribution in [0.3, 0.4) is 0 Å². The summed E-state index contributed by atoms with van der Waals surface area (Å²) in [6.45, 7) is 5.63. The molecule has 0 aliphatic rings. The highest BCUT2D eigenvalue weighted by Crippen LogP contribution is 2.22. The number of unbranched alkanes of at least 4 members (excludes halogenated alkanes) is 1. The van der Waals surface area contributed by atoms with E-state index in [1.807, 2.05) is 19.9 Å². The number of nitrogens with two attached hydrogens (primary N) is 1. The molecular weight excluding hydrogens is 268 g/mol. The van der Waals surface area contributed by atoms with Crippen LogP contribution in [0.25, 0.3) is 10.9 Å². The molecule has 0 unspecified atom stereocenters. The molecule has 0 radical (unpaired) electrons. The van der Waals surface area contributed by atoms with Crippen molar-refractivity contribution < 1.29 is 4.74 Å². The number of aromatic amines is 1. The Balaban J connectivity index is 1.93. The Bertz CT molecular complexity index is 652. The predicted octanol–water partition coefficient (Wildman–Crippen LogP) is 2.12. The summed E-state index contributed by atoms with van der Waals surface area (Å²) >= 11 is 0. The van der Waals surface area contributed by atoms with Gasteiger partial charge >= 0.3 is 0 Å². The minimum Gasteiger partial charge on any atom is -0.397 e. The minimum absolute atomic E-state index is 0.177. The molecule has 6 nitrogen and oxygen atoms in total. The van der Waals surface area contributed by atoms with Gasteiger partial charge in [0, 0.05) is 13.2 Å². The number of nitrogens with zero attached hydrogens (tertiary/aromatic N) is 1. The third-order valence-electron chi connectivity index (χ3n) is 3.15. The summed E-state index contributed by atoms with van der Waals surface area (Å²) in [7, 11) is 0.